The number of anilines is 2. The molecule has 5 heterocycles. The van der Waals surface area contributed by atoms with Gasteiger partial charge >= 0.3 is 0 Å². The number of nitrogens with zero attached hydrogens (tertiary/aromatic N) is 3. The molecule has 0 saturated carbocycles. The van der Waals surface area contributed by atoms with Crippen LogP contribution in [0.15, 0.2) is 72.8 Å². The number of carbonyl (C=O) groups excluding carboxylic acids is 1. The first-order valence-corrected chi connectivity index (χ1v) is 13.5. The second kappa shape index (κ2) is 9.81. The summed E-state index contributed by atoms with van der Waals surface area (Å²) in [6, 6.07) is 13.9. The predicted molar refractivity (Wildman–Crippen MR) is 153 cm³/mol. The highest BCUT2D eigenvalue weighted by Crippen LogP contribution is 2.51. The van der Waals surface area contributed by atoms with Crippen molar-refractivity contribution in [2.75, 3.05) is 10.6 Å². The minimum atomic E-state index is -0.541. The Morgan fingerprint density at radius 1 is 1.02 bits per heavy atom. The highest BCUT2D eigenvalue weighted by Gasteiger charge is 2.42. The Bertz CT molecular complexity index is 1860. The van der Waals surface area contributed by atoms with Crippen LogP contribution < -0.4 is 16.0 Å². The van der Waals surface area contributed by atoms with E-state index >= 15 is 4.39 Å². The SMILES string of the molecule is CCCCC(=O)Nc1cncc(-c2ncc3[nH]nc(C4=C5NC5c5c(cccc5-c5ccc(F)cc5)N4)c3c2F)c1. The number of fused-ring (bicyclic) bond motifs is 4. The Kier molecular flexibility index (Phi) is 5.96. The van der Waals surface area contributed by atoms with E-state index in [1.807, 2.05) is 25.1 Å². The van der Waals surface area contributed by atoms with Gasteiger partial charge in [0.15, 0.2) is 5.82 Å². The summed E-state index contributed by atoms with van der Waals surface area (Å²) in [6.45, 7) is 2.02. The lowest BCUT2D eigenvalue weighted by Crippen LogP contribution is -2.11. The molecule has 4 N–H and O–H groups in total. The van der Waals surface area contributed by atoms with Crippen LogP contribution in [0.4, 0.5) is 20.2 Å². The lowest BCUT2D eigenvalue weighted by Gasteiger charge is -2.19. The zero-order valence-electron chi connectivity index (χ0n) is 22.1. The number of hydrogen-bond acceptors (Lipinski definition) is 6. The van der Waals surface area contributed by atoms with Crippen molar-refractivity contribution in [3.8, 4) is 22.4 Å². The van der Waals surface area contributed by atoms with Crippen LogP contribution in [0.5, 0.6) is 0 Å². The topological polar surface area (TPSA) is 118 Å². The summed E-state index contributed by atoms with van der Waals surface area (Å²) in [7, 11) is 0. The Balaban J connectivity index is 1.25. The maximum atomic E-state index is 16.2. The van der Waals surface area contributed by atoms with Crippen molar-refractivity contribution in [2.45, 2.75) is 32.2 Å². The number of hydrogen-bond donors (Lipinski definition) is 4. The van der Waals surface area contributed by atoms with Crippen LogP contribution in [-0.4, -0.2) is 26.1 Å². The predicted octanol–water partition coefficient (Wildman–Crippen LogP) is 6.53. The van der Waals surface area contributed by atoms with E-state index in [0.717, 1.165) is 40.9 Å². The average molecular weight is 550 g/mol. The largest absolute Gasteiger partial charge is 0.372 e. The normalized spacial score (nSPS) is 15.1. The molecule has 0 radical (unpaired) electrons. The Morgan fingerprint density at radius 2 is 1.88 bits per heavy atom. The van der Waals surface area contributed by atoms with Crippen LogP contribution >= 0.6 is 0 Å². The monoisotopic (exact) mass is 549 g/mol. The number of aromatic amines is 1. The number of benzene rings is 2. The number of nitrogens with one attached hydrogen (secondary N) is 4. The van der Waals surface area contributed by atoms with Crippen molar-refractivity contribution in [2.24, 2.45) is 0 Å². The first-order valence-electron chi connectivity index (χ1n) is 13.5. The molecule has 0 bridgehead atoms. The molecule has 204 valence electrons. The van der Waals surface area contributed by atoms with Gasteiger partial charge in [-0.25, -0.2) is 8.78 Å². The van der Waals surface area contributed by atoms with Gasteiger partial charge in [0, 0.05) is 29.4 Å². The van der Waals surface area contributed by atoms with E-state index in [2.05, 4.69) is 36.1 Å². The molecular weight excluding hydrogens is 524 g/mol. The van der Waals surface area contributed by atoms with Crippen molar-refractivity contribution in [3.05, 3.63) is 95.7 Å². The van der Waals surface area contributed by atoms with Gasteiger partial charge in [0.05, 0.1) is 46.4 Å². The second-order valence-electron chi connectivity index (χ2n) is 10.2. The molecule has 10 heteroatoms. The van der Waals surface area contributed by atoms with Crippen molar-refractivity contribution in [1.29, 1.82) is 0 Å². The third kappa shape index (κ3) is 4.37. The molecule has 1 fully saturated rings. The zero-order valence-corrected chi connectivity index (χ0v) is 22.1. The molecule has 7 rings (SSSR count). The van der Waals surface area contributed by atoms with Crippen molar-refractivity contribution in [3.63, 3.8) is 0 Å². The molecular formula is C31H25F2N7O. The molecule has 1 amide bonds. The molecule has 2 aromatic carbocycles. The maximum Gasteiger partial charge on any atom is 0.224 e. The molecule has 41 heavy (non-hydrogen) atoms. The van der Waals surface area contributed by atoms with E-state index < -0.39 is 5.82 Å². The minimum Gasteiger partial charge on any atom is -0.372 e. The summed E-state index contributed by atoms with van der Waals surface area (Å²) in [6.07, 6.45) is 6.70. The summed E-state index contributed by atoms with van der Waals surface area (Å²) in [5, 5.41) is 17.4. The van der Waals surface area contributed by atoms with Gasteiger partial charge in [-0.3, -0.25) is 19.9 Å². The lowest BCUT2D eigenvalue weighted by molar-refractivity contribution is -0.116. The molecule has 3 aromatic heterocycles. The smallest absolute Gasteiger partial charge is 0.224 e. The number of pyridine rings is 2. The van der Waals surface area contributed by atoms with Crippen LogP contribution in [0.1, 0.15) is 43.5 Å². The number of halogens is 2. The van der Waals surface area contributed by atoms with E-state index in [4.69, 9.17) is 0 Å². The van der Waals surface area contributed by atoms with Crippen LogP contribution in [0.2, 0.25) is 0 Å². The Hall–Kier alpha value is -5.12. The fourth-order valence-electron chi connectivity index (χ4n) is 5.36. The van der Waals surface area contributed by atoms with Gasteiger partial charge in [-0.05, 0) is 41.8 Å². The highest BCUT2D eigenvalue weighted by atomic mass is 19.1. The van der Waals surface area contributed by atoms with Gasteiger partial charge in [0.1, 0.15) is 17.2 Å². The average Bonchev–Trinajstić information content (AvgIpc) is 3.67. The number of H-pyrrole nitrogens is 1. The van der Waals surface area contributed by atoms with Crippen LogP contribution in [0.3, 0.4) is 0 Å². The first-order chi connectivity index (χ1) is 20.0. The third-order valence-electron chi connectivity index (χ3n) is 7.42. The Labute approximate surface area is 233 Å². The maximum absolute atomic E-state index is 16.2. The van der Waals surface area contributed by atoms with Crippen molar-refractivity contribution < 1.29 is 13.6 Å². The lowest BCUT2D eigenvalue weighted by atomic mass is 9.93. The van der Waals surface area contributed by atoms with E-state index in [-0.39, 0.29) is 23.5 Å². The summed E-state index contributed by atoms with van der Waals surface area (Å²) in [5.41, 5.74) is 7.30. The number of unbranched alkanes of at least 4 members (excludes halogenated alkanes) is 1. The van der Waals surface area contributed by atoms with Crippen LogP contribution in [-0.2, 0) is 4.79 Å². The standard InChI is InChI=1S/C31H25F2N7O/c1-2-3-7-23(41)36-19-12-17(13-34-14-19)27-26(33)25-22(15-35-27)39-40-29(25)31-30-28(38-30)24-20(5-4-6-21(24)37-31)16-8-10-18(32)11-9-16/h4-6,8-15,28,37-38H,2-3,7H2,1H3,(H,36,41)(H,39,40). The van der Waals surface area contributed by atoms with Crippen LogP contribution in [0.25, 0.3) is 39.0 Å². The summed E-state index contributed by atoms with van der Waals surface area (Å²) in [4.78, 5) is 20.8. The summed E-state index contributed by atoms with van der Waals surface area (Å²) < 4.78 is 29.7. The third-order valence-corrected chi connectivity index (χ3v) is 7.42. The number of rotatable bonds is 7. The van der Waals surface area contributed by atoms with E-state index in [0.29, 0.717) is 40.0 Å². The van der Waals surface area contributed by atoms with Gasteiger partial charge in [-0.1, -0.05) is 37.6 Å². The molecule has 5 aromatic rings. The minimum absolute atomic E-state index is 0.0733. The van der Waals surface area contributed by atoms with E-state index in [1.165, 1.54) is 24.5 Å². The molecule has 0 spiro atoms. The highest BCUT2D eigenvalue weighted by molar-refractivity contribution is 6.00. The fourth-order valence-corrected chi connectivity index (χ4v) is 5.36. The van der Waals surface area contributed by atoms with Gasteiger partial charge < -0.3 is 16.0 Å². The molecule has 2 aliphatic rings. The number of aromatic nitrogens is 4. The molecule has 2 aliphatic heterocycles. The van der Waals surface area contributed by atoms with Gasteiger partial charge in [0.25, 0.3) is 0 Å². The quantitative estimate of drug-likeness (QED) is 0.172. The van der Waals surface area contributed by atoms with E-state index in [9.17, 15) is 9.18 Å². The molecule has 1 unspecified atom stereocenters. The van der Waals surface area contributed by atoms with Gasteiger partial charge in [-0.2, -0.15) is 5.10 Å². The molecule has 0 aliphatic carbocycles. The molecule has 8 nitrogen and oxygen atoms in total. The zero-order chi connectivity index (χ0) is 28.1. The number of amides is 1. The van der Waals surface area contributed by atoms with Crippen molar-refractivity contribution >= 4 is 33.9 Å². The summed E-state index contributed by atoms with van der Waals surface area (Å²) in [5.74, 6) is -0.942. The second-order valence-corrected chi connectivity index (χ2v) is 10.2. The first kappa shape index (κ1) is 24.9. The molecule has 1 atom stereocenters. The van der Waals surface area contributed by atoms with Gasteiger partial charge in [-0.15, -0.1) is 0 Å². The fraction of sp³-hybridized carbons (Fsp3) is 0.161. The summed E-state index contributed by atoms with van der Waals surface area (Å²) >= 11 is 0. The Morgan fingerprint density at radius 3 is 2.71 bits per heavy atom. The van der Waals surface area contributed by atoms with E-state index in [1.54, 1.807) is 24.4 Å². The molecule has 1 saturated heterocycles. The number of carbonyl (C=O) groups is 1. The van der Waals surface area contributed by atoms with Crippen molar-refractivity contribution in [1.82, 2.24) is 25.5 Å². The van der Waals surface area contributed by atoms with Gasteiger partial charge in [0.2, 0.25) is 5.91 Å². The van der Waals surface area contributed by atoms with Crippen LogP contribution in [0, 0.1) is 11.6 Å².